The smallest absolute Gasteiger partial charge is 0.223 e. The Morgan fingerprint density at radius 2 is 2.19 bits per heavy atom. The molecule has 0 saturated carbocycles. The number of aromatic amines is 1. The summed E-state index contributed by atoms with van der Waals surface area (Å²) >= 11 is 0. The molecule has 1 aliphatic heterocycles. The Morgan fingerprint density at radius 1 is 1.33 bits per heavy atom. The summed E-state index contributed by atoms with van der Waals surface area (Å²) in [6.45, 7) is 3.98. The number of para-hydroxylation sites is 2. The second-order valence-corrected chi connectivity index (χ2v) is 7.08. The van der Waals surface area contributed by atoms with Crippen LogP contribution in [0.3, 0.4) is 0 Å². The zero-order valence-corrected chi connectivity index (χ0v) is 15.6. The van der Waals surface area contributed by atoms with Gasteiger partial charge in [-0.15, -0.1) is 0 Å². The number of benzene rings is 1. The number of hydrogen-bond acceptors (Lipinski definition) is 4. The number of aliphatic hydroxyl groups excluding tert-OH is 1. The summed E-state index contributed by atoms with van der Waals surface area (Å²) in [6.07, 6.45) is 1.99. The van der Waals surface area contributed by atoms with E-state index in [0.717, 1.165) is 42.1 Å². The molecule has 1 aliphatic rings. The third kappa shape index (κ3) is 3.73. The molecule has 0 bridgehead atoms. The van der Waals surface area contributed by atoms with E-state index in [0.29, 0.717) is 31.5 Å². The van der Waals surface area contributed by atoms with Crippen molar-refractivity contribution in [1.29, 1.82) is 0 Å². The summed E-state index contributed by atoms with van der Waals surface area (Å²) in [4.78, 5) is 22.5. The number of aliphatic hydroxyl groups is 1. The van der Waals surface area contributed by atoms with Crippen LogP contribution in [0.15, 0.2) is 30.3 Å². The van der Waals surface area contributed by atoms with Gasteiger partial charge in [0.15, 0.2) is 0 Å². The van der Waals surface area contributed by atoms with Gasteiger partial charge in [0.25, 0.3) is 0 Å². The Labute approximate surface area is 158 Å². The van der Waals surface area contributed by atoms with Crippen molar-refractivity contribution in [1.82, 2.24) is 24.6 Å². The van der Waals surface area contributed by atoms with Crippen LogP contribution in [-0.2, 0) is 24.3 Å². The molecule has 1 amide bonds. The van der Waals surface area contributed by atoms with Gasteiger partial charge in [-0.2, -0.15) is 5.10 Å². The number of nitrogens with zero attached hydrogens (tertiary/aromatic N) is 4. The highest BCUT2D eigenvalue weighted by Crippen LogP contribution is 2.20. The first kappa shape index (κ1) is 17.7. The summed E-state index contributed by atoms with van der Waals surface area (Å²) in [7, 11) is 0. The number of aromatic nitrogens is 4. The molecule has 27 heavy (non-hydrogen) atoms. The fourth-order valence-electron chi connectivity index (χ4n) is 3.58. The first-order chi connectivity index (χ1) is 13.1. The molecule has 0 radical (unpaired) electrons. The van der Waals surface area contributed by atoms with Crippen LogP contribution in [-0.4, -0.2) is 42.2 Å². The second kappa shape index (κ2) is 7.52. The predicted octanol–water partition coefficient (Wildman–Crippen LogP) is 2.57. The maximum Gasteiger partial charge on any atom is 0.223 e. The van der Waals surface area contributed by atoms with E-state index < -0.39 is 6.10 Å². The van der Waals surface area contributed by atoms with Crippen LogP contribution in [0, 0.1) is 0 Å². The molecular weight excluding hydrogens is 342 g/mol. The Kier molecular flexibility index (Phi) is 4.94. The molecule has 3 aromatic rings. The molecule has 0 saturated heterocycles. The van der Waals surface area contributed by atoms with Crippen molar-refractivity contribution >= 4 is 16.9 Å². The quantitative estimate of drug-likeness (QED) is 0.726. The first-order valence-corrected chi connectivity index (χ1v) is 9.60. The molecule has 7 nitrogen and oxygen atoms in total. The van der Waals surface area contributed by atoms with Crippen molar-refractivity contribution < 1.29 is 9.90 Å². The minimum Gasteiger partial charge on any atom is -0.387 e. The first-order valence-electron chi connectivity index (χ1n) is 9.60. The summed E-state index contributed by atoms with van der Waals surface area (Å²) in [5, 5.41) is 14.5. The van der Waals surface area contributed by atoms with Crippen molar-refractivity contribution in [3.8, 4) is 0 Å². The number of nitrogens with one attached hydrogen (secondary N) is 1. The monoisotopic (exact) mass is 367 g/mol. The maximum absolute atomic E-state index is 12.8. The van der Waals surface area contributed by atoms with E-state index in [4.69, 9.17) is 0 Å². The van der Waals surface area contributed by atoms with Gasteiger partial charge in [0.1, 0.15) is 5.82 Å². The van der Waals surface area contributed by atoms with E-state index in [1.807, 2.05) is 46.8 Å². The van der Waals surface area contributed by atoms with Crippen LogP contribution < -0.4 is 0 Å². The molecule has 3 heterocycles. The topological polar surface area (TPSA) is 87.0 Å². The Morgan fingerprint density at radius 3 is 3.00 bits per heavy atom. The number of imidazole rings is 1. The lowest BCUT2D eigenvalue weighted by Gasteiger charge is -2.19. The van der Waals surface area contributed by atoms with Crippen molar-refractivity contribution in [2.45, 2.75) is 51.8 Å². The van der Waals surface area contributed by atoms with Crippen LogP contribution in [0.4, 0.5) is 0 Å². The summed E-state index contributed by atoms with van der Waals surface area (Å²) in [5.41, 5.74) is 3.62. The van der Waals surface area contributed by atoms with Crippen molar-refractivity contribution in [3.05, 3.63) is 47.5 Å². The highest BCUT2D eigenvalue weighted by atomic mass is 16.3. The minimum absolute atomic E-state index is 0.127. The number of aryl methyl sites for hydroxylation is 2. The van der Waals surface area contributed by atoms with Gasteiger partial charge in [0.2, 0.25) is 5.91 Å². The number of carbonyl (C=O) groups is 1. The van der Waals surface area contributed by atoms with E-state index in [1.165, 1.54) is 0 Å². The maximum atomic E-state index is 12.8. The number of H-pyrrole nitrogens is 1. The number of rotatable bonds is 5. The molecule has 0 aliphatic carbocycles. The number of fused-ring (bicyclic) bond motifs is 2. The molecule has 0 fully saturated rings. The predicted molar refractivity (Wildman–Crippen MR) is 102 cm³/mol. The number of carbonyl (C=O) groups excluding carboxylic acids is 1. The van der Waals surface area contributed by atoms with Crippen molar-refractivity contribution in [2.24, 2.45) is 0 Å². The van der Waals surface area contributed by atoms with Crippen LogP contribution in [0.1, 0.15) is 49.5 Å². The van der Waals surface area contributed by atoms with Crippen LogP contribution in [0.2, 0.25) is 0 Å². The Hall–Kier alpha value is -2.67. The van der Waals surface area contributed by atoms with Gasteiger partial charge in [-0.25, -0.2) is 4.98 Å². The summed E-state index contributed by atoms with van der Waals surface area (Å²) in [6, 6.07) is 9.82. The van der Waals surface area contributed by atoms with Gasteiger partial charge in [0.05, 0.1) is 35.1 Å². The van der Waals surface area contributed by atoms with Crippen LogP contribution in [0.5, 0.6) is 0 Å². The van der Waals surface area contributed by atoms with Crippen LogP contribution >= 0.6 is 0 Å². The largest absolute Gasteiger partial charge is 0.387 e. The molecule has 7 heteroatoms. The zero-order chi connectivity index (χ0) is 18.8. The lowest BCUT2D eigenvalue weighted by molar-refractivity contribution is -0.131. The van der Waals surface area contributed by atoms with E-state index in [1.54, 1.807) is 0 Å². The third-order valence-electron chi connectivity index (χ3n) is 5.13. The average Bonchev–Trinajstić information content (AvgIpc) is 3.23. The van der Waals surface area contributed by atoms with Crippen LogP contribution in [0.25, 0.3) is 11.0 Å². The molecule has 4 rings (SSSR count). The average molecular weight is 367 g/mol. The molecule has 2 aromatic heterocycles. The zero-order valence-electron chi connectivity index (χ0n) is 15.6. The highest BCUT2D eigenvalue weighted by molar-refractivity contribution is 5.77. The molecular formula is C20H25N5O2. The van der Waals surface area contributed by atoms with E-state index in [9.17, 15) is 9.90 Å². The lowest BCUT2D eigenvalue weighted by Crippen LogP contribution is -2.30. The highest BCUT2D eigenvalue weighted by Gasteiger charge is 2.22. The molecule has 0 unspecified atom stereocenters. The fourth-order valence-corrected chi connectivity index (χ4v) is 3.58. The van der Waals surface area contributed by atoms with E-state index in [2.05, 4.69) is 15.1 Å². The van der Waals surface area contributed by atoms with Gasteiger partial charge >= 0.3 is 0 Å². The standard InChI is InChI=1S/C20H25N5O2/c1-2-18(26)17-12-14-13-24(10-5-11-25(14)23-17)20(27)9-8-19-21-15-6-3-4-7-16(15)22-19/h3-4,6-7,12,18,26H,2,5,8-11,13H2,1H3,(H,21,22)/t18-/m0/s1. The summed E-state index contributed by atoms with van der Waals surface area (Å²) in [5.74, 6) is 0.973. The molecule has 142 valence electrons. The third-order valence-corrected chi connectivity index (χ3v) is 5.13. The number of hydrogen-bond donors (Lipinski definition) is 2. The van der Waals surface area contributed by atoms with Gasteiger partial charge in [-0.3, -0.25) is 9.48 Å². The molecule has 1 atom stereocenters. The minimum atomic E-state index is -0.540. The molecule has 2 N–H and O–H groups in total. The Bertz CT molecular complexity index is 912. The molecule has 0 spiro atoms. The normalized spacial score (nSPS) is 15.6. The lowest BCUT2D eigenvalue weighted by atomic mass is 10.2. The summed E-state index contributed by atoms with van der Waals surface area (Å²) < 4.78 is 1.93. The Balaban J connectivity index is 1.41. The van der Waals surface area contributed by atoms with Gasteiger partial charge in [0, 0.05) is 25.9 Å². The van der Waals surface area contributed by atoms with Gasteiger partial charge < -0.3 is 15.0 Å². The number of amides is 1. The van der Waals surface area contributed by atoms with E-state index in [-0.39, 0.29) is 5.91 Å². The second-order valence-electron chi connectivity index (χ2n) is 7.08. The van der Waals surface area contributed by atoms with E-state index >= 15 is 0 Å². The van der Waals surface area contributed by atoms with Crippen molar-refractivity contribution in [3.63, 3.8) is 0 Å². The van der Waals surface area contributed by atoms with Gasteiger partial charge in [-0.05, 0) is 31.0 Å². The van der Waals surface area contributed by atoms with Crippen molar-refractivity contribution in [2.75, 3.05) is 6.54 Å². The fraction of sp³-hybridized carbons (Fsp3) is 0.450. The SMILES string of the molecule is CC[C@H](O)c1cc2n(n1)CCCN(C(=O)CCc1nc3ccccc3[nH]1)C2. The van der Waals surface area contributed by atoms with Gasteiger partial charge in [-0.1, -0.05) is 19.1 Å². The molecule has 1 aromatic carbocycles.